The average Bonchev–Trinajstić information content (AvgIpc) is 3.27. The fourth-order valence-electron chi connectivity index (χ4n) is 4.34. The minimum Gasteiger partial charge on any atom is -0.491 e. The van der Waals surface area contributed by atoms with E-state index in [1.807, 2.05) is 83.4 Å². The van der Waals surface area contributed by atoms with E-state index in [9.17, 15) is 9.59 Å². The van der Waals surface area contributed by atoms with Gasteiger partial charge in [0.1, 0.15) is 18.5 Å². The molecule has 35 heavy (non-hydrogen) atoms. The van der Waals surface area contributed by atoms with Crippen LogP contribution in [0.5, 0.6) is 5.75 Å². The predicted molar refractivity (Wildman–Crippen MR) is 135 cm³/mol. The molecule has 7 heteroatoms. The first kappa shape index (κ1) is 23.1. The molecule has 4 aromatic rings. The minimum atomic E-state index is -0.529. The summed E-state index contributed by atoms with van der Waals surface area (Å²) in [6, 6.07) is 24.7. The van der Waals surface area contributed by atoms with Crippen LogP contribution in [-0.2, 0) is 16.1 Å². The molecule has 1 amide bonds. The second-order valence-corrected chi connectivity index (χ2v) is 8.88. The van der Waals surface area contributed by atoms with Gasteiger partial charge < -0.3 is 18.9 Å². The molecular formula is C28H25ClN2O4. The van der Waals surface area contributed by atoms with Crippen LogP contribution in [0.1, 0.15) is 15.9 Å². The summed E-state index contributed by atoms with van der Waals surface area (Å²) < 4.78 is 13.5. The van der Waals surface area contributed by atoms with Crippen molar-refractivity contribution in [2.24, 2.45) is 0 Å². The predicted octanol–water partition coefficient (Wildman–Crippen LogP) is 4.83. The van der Waals surface area contributed by atoms with Crippen LogP contribution >= 0.6 is 11.6 Å². The number of ether oxygens (including phenoxy) is 2. The zero-order valence-corrected chi connectivity index (χ0v) is 19.9. The molecule has 2 heterocycles. The second kappa shape index (κ2) is 10.3. The Morgan fingerprint density at radius 3 is 2.54 bits per heavy atom. The average molecular weight is 489 g/mol. The molecule has 0 unspecified atom stereocenters. The van der Waals surface area contributed by atoms with Crippen molar-refractivity contribution in [2.45, 2.75) is 12.6 Å². The zero-order chi connectivity index (χ0) is 24.2. The molecule has 0 spiro atoms. The van der Waals surface area contributed by atoms with Crippen molar-refractivity contribution < 1.29 is 19.1 Å². The molecule has 1 saturated heterocycles. The second-order valence-electron chi connectivity index (χ2n) is 8.48. The highest BCUT2D eigenvalue weighted by Gasteiger charge is 2.31. The minimum absolute atomic E-state index is 0.301. The van der Waals surface area contributed by atoms with E-state index in [4.69, 9.17) is 21.1 Å². The Balaban J connectivity index is 1.33. The van der Waals surface area contributed by atoms with Gasteiger partial charge in [0, 0.05) is 35.2 Å². The molecule has 1 fully saturated rings. The van der Waals surface area contributed by atoms with E-state index in [1.54, 1.807) is 11.1 Å². The number of carbonyl (C=O) groups excluding carboxylic acids is 2. The normalized spacial score (nSPS) is 15.8. The molecule has 1 aliphatic rings. The quantitative estimate of drug-likeness (QED) is 0.276. The number of hydrogen-bond donors (Lipinski definition) is 0. The van der Waals surface area contributed by atoms with Crippen LogP contribution in [0.25, 0.3) is 10.9 Å². The number of hydrogen-bond acceptors (Lipinski definition) is 4. The number of para-hydroxylation sites is 2. The number of rotatable bonds is 7. The van der Waals surface area contributed by atoms with Crippen molar-refractivity contribution in [1.29, 1.82) is 0 Å². The number of halogens is 1. The molecule has 178 valence electrons. The molecule has 0 aliphatic carbocycles. The molecule has 0 bridgehead atoms. The van der Waals surface area contributed by atoms with Gasteiger partial charge in [0.15, 0.2) is 0 Å². The van der Waals surface area contributed by atoms with Gasteiger partial charge in [-0.1, -0.05) is 66.2 Å². The van der Waals surface area contributed by atoms with E-state index < -0.39 is 11.7 Å². The van der Waals surface area contributed by atoms with E-state index in [0.717, 1.165) is 22.2 Å². The van der Waals surface area contributed by atoms with Crippen molar-refractivity contribution in [2.75, 3.05) is 26.3 Å². The maximum Gasteiger partial charge on any atom is 0.295 e. The first-order valence-electron chi connectivity index (χ1n) is 11.5. The number of benzene rings is 3. The summed E-state index contributed by atoms with van der Waals surface area (Å²) in [5.41, 5.74) is 2.20. The van der Waals surface area contributed by atoms with Crippen LogP contribution in [0.3, 0.4) is 0 Å². The Kier molecular flexibility index (Phi) is 6.84. The van der Waals surface area contributed by atoms with Gasteiger partial charge in [0.05, 0.1) is 18.7 Å². The number of Topliss-reactive ketones (excluding diaryl/α,β-unsaturated/α-hetero) is 1. The summed E-state index contributed by atoms with van der Waals surface area (Å²) in [7, 11) is 0. The molecule has 1 atom stereocenters. The lowest BCUT2D eigenvalue weighted by atomic mass is 10.1. The molecule has 0 N–H and O–H groups in total. The van der Waals surface area contributed by atoms with Crippen molar-refractivity contribution in [3.63, 3.8) is 0 Å². The molecule has 3 aromatic carbocycles. The SMILES string of the molecule is O=C(C(=O)N1CCO[C@H](COc2ccccc2)C1)c1cn(Cc2ccccc2Cl)c2ccccc12. The number of aromatic nitrogens is 1. The Hall–Kier alpha value is -3.61. The van der Waals surface area contributed by atoms with Gasteiger partial charge in [0.2, 0.25) is 0 Å². The van der Waals surface area contributed by atoms with Gasteiger partial charge in [-0.25, -0.2) is 0 Å². The molecule has 1 aliphatic heterocycles. The Morgan fingerprint density at radius 1 is 0.971 bits per heavy atom. The van der Waals surface area contributed by atoms with Gasteiger partial charge in [-0.3, -0.25) is 9.59 Å². The smallest absolute Gasteiger partial charge is 0.295 e. The first-order chi connectivity index (χ1) is 17.1. The molecule has 5 rings (SSSR count). The lowest BCUT2D eigenvalue weighted by Crippen LogP contribution is -2.49. The molecular weight excluding hydrogens is 464 g/mol. The number of carbonyl (C=O) groups is 2. The van der Waals surface area contributed by atoms with Crippen LogP contribution in [0, 0.1) is 0 Å². The van der Waals surface area contributed by atoms with Crippen molar-refractivity contribution in [3.05, 3.63) is 101 Å². The molecule has 1 aromatic heterocycles. The van der Waals surface area contributed by atoms with Crippen LogP contribution in [0.15, 0.2) is 85.1 Å². The monoisotopic (exact) mass is 488 g/mol. The lowest BCUT2D eigenvalue weighted by molar-refractivity contribution is -0.135. The summed E-state index contributed by atoms with van der Waals surface area (Å²) in [5, 5.41) is 1.40. The highest BCUT2D eigenvalue weighted by atomic mass is 35.5. The lowest BCUT2D eigenvalue weighted by Gasteiger charge is -2.32. The van der Waals surface area contributed by atoms with Crippen molar-refractivity contribution >= 4 is 34.2 Å². The van der Waals surface area contributed by atoms with Crippen LogP contribution < -0.4 is 4.74 Å². The molecule has 0 radical (unpaired) electrons. The number of ketones is 1. The van der Waals surface area contributed by atoms with Crippen molar-refractivity contribution in [1.82, 2.24) is 9.47 Å². The highest BCUT2D eigenvalue weighted by molar-refractivity contribution is 6.44. The highest BCUT2D eigenvalue weighted by Crippen LogP contribution is 2.25. The van der Waals surface area contributed by atoms with E-state index in [1.165, 1.54) is 0 Å². The van der Waals surface area contributed by atoms with Gasteiger partial charge >= 0.3 is 0 Å². The van der Waals surface area contributed by atoms with Gasteiger partial charge in [0.25, 0.3) is 11.7 Å². The van der Waals surface area contributed by atoms with Gasteiger partial charge in [-0.15, -0.1) is 0 Å². The van der Waals surface area contributed by atoms with Gasteiger partial charge in [-0.2, -0.15) is 0 Å². The Labute approximate surface area is 208 Å². The van der Waals surface area contributed by atoms with E-state index in [2.05, 4.69) is 0 Å². The molecule has 6 nitrogen and oxygen atoms in total. The standard InChI is InChI=1S/C28H25ClN2O4/c29-25-12-6-4-8-20(25)16-31-18-24(23-11-5-7-13-26(23)31)27(32)28(33)30-14-15-34-22(17-30)19-35-21-9-2-1-3-10-21/h1-13,18,22H,14-17,19H2/t22-/m0/s1. The largest absolute Gasteiger partial charge is 0.491 e. The third-order valence-electron chi connectivity index (χ3n) is 6.13. The van der Waals surface area contributed by atoms with E-state index in [-0.39, 0.29) is 6.10 Å². The summed E-state index contributed by atoms with van der Waals surface area (Å²) in [6.07, 6.45) is 1.45. The third-order valence-corrected chi connectivity index (χ3v) is 6.50. The van der Waals surface area contributed by atoms with Crippen LogP contribution in [0.4, 0.5) is 0 Å². The maximum absolute atomic E-state index is 13.4. The fourth-order valence-corrected chi connectivity index (χ4v) is 4.53. The van der Waals surface area contributed by atoms with E-state index in [0.29, 0.717) is 43.4 Å². The van der Waals surface area contributed by atoms with Gasteiger partial charge in [-0.05, 0) is 29.8 Å². The molecule has 0 saturated carbocycles. The number of morpholine rings is 1. The fraction of sp³-hybridized carbons (Fsp3) is 0.214. The summed E-state index contributed by atoms with van der Waals surface area (Å²) in [5.74, 6) is -0.315. The Morgan fingerprint density at radius 2 is 1.71 bits per heavy atom. The maximum atomic E-state index is 13.4. The number of fused-ring (bicyclic) bond motifs is 1. The summed E-state index contributed by atoms with van der Waals surface area (Å²) in [6.45, 7) is 1.83. The Bertz CT molecular complexity index is 1350. The van der Waals surface area contributed by atoms with E-state index >= 15 is 0 Å². The summed E-state index contributed by atoms with van der Waals surface area (Å²) >= 11 is 6.36. The summed E-state index contributed by atoms with van der Waals surface area (Å²) in [4.78, 5) is 28.2. The zero-order valence-electron chi connectivity index (χ0n) is 19.1. The first-order valence-corrected chi connectivity index (χ1v) is 11.9. The van der Waals surface area contributed by atoms with Crippen LogP contribution in [-0.4, -0.2) is 53.6 Å². The van der Waals surface area contributed by atoms with Crippen molar-refractivity contribution in [3.8, 4) is 5.75 Å². The topological polar surface area (TPSA) is 60.8 Å². The third kappa shape index (κ3) is 5.09. The number of nitrogens with zero attached hydrogens (tertiary/aromatic N) is 2. The van der Waals surface area contributed by atoms with Crippen LogP contribution in [0.2, 0.25) is 5.02 Å². The number of amides is 1.